The second kappa shape index (κ2) is 9.82. The van der Waals surface area contributed by atoms with E-state index in [1.807, 2.05) is 12.1 Å². The molecule has 0 unspecified atom stereocenters. The number of methoxy groups -OCH3 is 1. The van der Waals surface area contributed by atoms with Crippen molar-refractivity contribution >= 4 is 11.4 Å². The van der Waals surface area contributed by atoms with Crippen molar-refractivity contribution in [2.45, 2.75) is 25.7 Å². The molecule has 0 spiro atoms. The number of anilines is 2. The average molecular weight is 401 g/mol. The van der Waals surface area contributed by atoms with Crippen molar-refractivity contribution in [2.75, 3.05) is 38.7 Å². The molecule has 156 valence electrons. The number of likely N-dealkylation sites (N-methyl/N-ethyl adjacent to an activating group) is 1. The molecule has 1 aliphatic heterocycles. The zero-order valence-electron chi connectivity index (χ0n) is 18.2. The Balaban J connectivity index is 1.36. The van der Waals surface area contributed by atoms with Crippen LogP contribution in [-0.2, 0) is 19.3 Å². The Morgan fingerprint density at radius 1 is 0.800 bits per heavy atom. The van der Waals surface area contributed by atoms with E-state index in [0.29, 0.717) is 0 Å². The molecular formula is C27H32N2O. The number of aryl methyl sites for hydroxylation is 2. The summed E-state index contributed by atoms with van der Waals surface area (Å²) < 4.78 is 5.25. The molecule has 0 radical (unpaired) electrons. The molecular weight excluding hydrogens is 368 g/mol. The molecule has 0 fully saturated rings. The Morgan fingerprint density at radius 3 is 2.00 bits per heavy atom. The van der Waals surface area contributed by atoms with Crippen LogP contribution in [-0.4, -0.2) is 38.7 Å². The smallest absolute Gasteiger partial charge is 0.118 e. The van der Waals surface area contributed by atoms with Gasteiger partial charge in [-0.3, -0.25) is 0 Å². The second-order valence-electron chi connectivity index (χ2n) is 8.16. The molecule has 0 saturated heterocycles. The highest BCUT2D eigenvalue weighted by molar-refractivity contribution is 5.71. The van der Waals surface area contributed by atoms with Crippen molar-refractivity contribution in [3.8, 4) is 5.75 Å². The molecule has 1 aliphatic rings. The van der Waals surface area contributed by atoms with Crippen LogP contribution in [0.4, 0.5) is 11.4 Å². The highest BCUT2D eigenvalue weighted by Crippen LogP contribution is 2.35. The molecule has 3 nitrogen and oxygen atoms in total. The standard InChI is InChI=1S/C27H32N2O/c1-28(21-18-22-12-16-25(30-2)17-13-22)19-7-20-29-26-10-5-3-8-23(26)14-15-24-9-4-6-11-27(24)29/h3-6,8-13,16-17H,7,14-15,18-21H2,1-2H3. The van der Waals surface area contributed by atoms with E-state index < -0.39 is 0 Å². The topological polar surface area (TPSA) is 15.7 Å². The number of ether oxygens (including phenoxy) is 1. The van der Waals surface area contributed by atoms with Crippen molar-refractivity contribution in [2.24, 2.45) is 0 Å². The summed E-state index contributed by atoms with van der Waals surface area (Å²) in [6, 6.07) is 26.2. The molecule has 0 aromatic heterocycles. The molecule has 0 amide bonds. The number of fused-ring (bicyclic) bond motifs is 2. The fourth-order valence-corrected chi connectivity index (χ4v) is 4.33. The van der Waals surface area contributed by atoms with E-state index in [0.717, 1.165) is 51.1 Å². The minimum atomic E-state index is 0.921. The lowest BCUT2D eigenvalue weighted by Gasteiger charge is -2.28. The normalized spacial score (nSPS) is 13.0. The van der Waals surface area contributed by atoms with Crippen molar-refractivity contribution in [1.82, 2.24) is 4.90 Å². The molecule has 3 aromatic carbocycles. The van der Waals surface area contributed by atoms with Gasteiger partial charge in [0.2, 0.25) is 0 Å². The zero-order chi connectivity index (χ0) is 20.8. The van der Waals surface area contributed by atoms with Gasteiger partial charge in [0, 0.05) is 24.5 Å². The van der Waals surface area contributed by atoms with Crippen LogP contribution >= 0.6 is 0 Å². The van der Waals surface area contributed by atoms with Crippen LogP contribution < -0.4 is 9.64 Å². The summed E-state index contributed by atoms with van der Waals surface area (Å²) in [5, 5.41) is 0. The van der Waals surface area contributed by atoms with Crippen LogP contribution in [0.25, 0.3) is 0 Å². The lowest BCUT2D eigenvalue weighted by Crippen LogP contribution is -2.27. The molecule has 0 saturated carbocycles. The van der Waals surface area contributed by atoms with E-state index in [1.54, 1.807) is 7.11 Å². The van der Waals surface area contributed by atoms with Gasteiger partial charge in [-0.1, -0.05) is 48.5 Å². The highest BCUT2D eigenvalue weighted by atomic mass is 16.5. The van der Waals surface area contributed by atoms with Gasteiger partial charge in [0.25, 0.3) is 0 Å². The second-order valence-corrected chi connectivity index (χ2v) is 8.16. The van der Waals surface area contributed by atoms with E-state index in [9.17, 15) is 0 Å². The zero-order valence-corrected chi connectivity index (χ0v) is 18.2. The van der Waals surface area contributed by atoms with Crippen LogP contribution in [0.3, 0.4) is 0 Å². The summed E-state index contributed by atoms with van der Waals surface area (Å²) in [4.78, 5) is 4.98. The summed E-state index contributed by atoms with van der Waals surface area (Å²) >= 11 is 0. The third-order valence-electron chi connectivity index (χ3n) is 6.09. The molecule has 0 bridgehead atoms. The first kappa shape index (κ1) is 20.5. The van der Waals surface area contributed by atoms with Gasteiger partial charge < -0.3 is 14.5 Å². The van der Waals surface area contributed by atoms with Gasteiger partial charge in [-0.2, -0.15) is 0 Å². The first-order valence-corrected chi connectivity index (χ1v) is 11.0. The summed E-state index contributed by atoms with van der Waals surface area (Å²) in [7, 11) is 3.94. The molecule has 4 rings (SSSR count). The first-order chi connectivity index (χ1) is 14.7. The van der Waals surface area contributed by atoms with Gasteiger partial charge in [-0.25, -0.2) is 0 Å². The fourth-order valence-electron chi connectivity index (χ4n) is 4.33. The number of nitrogens with zero attached hydrogens (tertiary/aromatic N) is 2. The third-order valence-corrected chi connectivity index (χ3v) is 6.09. The van der Waals surface area contributed by atoms with Crippen molar-refractivity contribution in [3.63, 3.8) is 0 Å². The van der Waals surface area contributed by atoms with Gasteiger partial charge in [-0.15, -0.1) is 0 Å². The Bertz CT molecular complexity index is 904. The van der Waals surface area contributed by atoms with Crippen LogP contribution in [0.15, 0.2) is 72.8 Å². The molecule has 0 atom stereocenters. The molecule has 0 N–H and O–H groups in total. The SMILES string of the molecule is COc1ccc(CCN(C)CCCN2c3ccccc3CCc3ccccc32)cc1. The summed E-state index contributed by atoms with van der Waals surface area (Å²) in [5.74, 6) is 0.921. The van der Waals surface area contributed by atoms with Crippen molar-refractivity contribution in [3.05, 3.63) is 89.5 Å². The van der Waals surface area contributed by atoms with Crippen molar-refractivity contribution in [1.29, 1.82) is 0 Å². The lowest BCUT2D eigenvalue weighted by atomic mass is 10.0. The van der Waals surface area contributed by atoms with Crippen molar-refractivity contribution < 1.29 is 4.74 Å². The van der Waals surface area contributed by atoms with E-state index >= 15 is 0 Å². The maximum Gasteiger partial charge on any atom is 0.118 e. The number of hydrogen-bond acceptors (Lipinski definition) is 3. The van der Waals surface area contributed by atoms with Crippen LogP contribution in [0.1, 0.15) is 23.1 Å². The molecule has 0 aliphatic carbocycles. The minimum absolute atomic E-state index is 0.921. The number of para-hydroxylation sites is 2. The van der Waals surface area contributed by atoms with Crippen LogP contribution in [0.5, 0.6) is 5.75 Å². The lowest BCUT2D eigenvalue weighted by molar-refractivity contribution is 0.335. The molecule has 3 aromatic rings. The van der Waals surface area contributed by atoms with E-state index in [-0.39, 0.29) is 0 Å². The van der Waals surface area contributed by atoms with Gasteiger partial charge >= 0.3 is 0 Å². The van der Waals surface area contributed by atoms with Crippen LogP contribution in [0, 0.1) is 0 Å². The first-order valence-electron chi connectivity index (χ1n) is 11.0. The van der Waals surface area contributed by atoms with Crippen LogP contribution in [0.2, 0.25) is 0 Å². The third kappa shape index (κ3) is 4.85. The number of benzene rings is 3. The Kier molecular flexibility index (Phi) is 6.70. The van der Waals surface area contributed by atoms with E-state index in [2.05, 4.69) is 77.5 Å². The van der Waals surface area contributed by atoms with Gasteiger partial charge in [0.1, 0.15) is 5.75 Å². The molecule has 1 heterocycles. The van der Waals surface area contributed by atoms with Gasteiger partial charge in [0.05, 0.1) is 7.11 Å². The van der Waals surface area contributed by atoms with E-state index in [4.69, 9.17) is 4.74 Å². The summed E-state index contributed by atoms with van der Waals surface area (Å²) in [5.41, 5.74) is 7.04. The van der Waals surface area contributed by atoms with Gasteiger partial charge in [0.15, 0.2) is 0 Å². The quantitative estimate of drug-likeness (QED) is 0.497. The maximum absolute atomic E-state index is 5.25. The Hall–Kier alpha value is -2.78. The highest BCUT2D eigenvalue weighted by Gasteiger charge is 2.19. The molecule has 30 heavy (non-hydrogen) atoms. The summed E-state index contributed by atoms with van der Waals surface area (Å²) in [6.07, 6.45) is 4.44. The maximum atomic E-state index is 5.25. The number of hydrogen-bond donors (Lipinski definition) is 0. The minimum Gasteiger partial charge on any atom is -0.497 e. The predicted molar refractivity (Wildman–Crippen MR) is 126 cm³/mol. The monoisotopic (exact) mass is 400 g/mol. The van der Waals surface area contributed by atoms with E-state index in [1.165, 1.54) is 28.1 Å². The average Bonchev–Trinajstić information content (AvgIpc) is 2.95. The van der Waals surface area contributed by atoms with Gasteiger partial charge in [-0.05, 0) is 80.2 Å². The Morgan fingerprint density at radius 2 is 1.40 bits per heavy atom. The Labute approximate surface area is 180 Å². The number of rotatable bonds is 8. The fraction of sp³-hybridized carbons (Fsp3) is 0.333. The predicted octanol–water partition coefficient (Wildman–Crippen LogP) is 5.50. The summed E-state index contributed by atoms with van der Waals surface area (Å²) in [6.45, 7) is 3.21. The molecule has 3 heteroatoms. The largest absolute Gasteiger partial charge is 0.497 e.